The molecule has 0 amide bonds. The first-order valence-electron chi connectivity index (χ1n) is 8.81. The number of fused-ring (bicyclic) bond motifs is 1. The molecule has 0 aliphatic carbocycles. The van der Waals surface area contributed by atoms with Crippen molar-refractivity contribution < 1.29 is 0 Å². The van der Waals surface area contributed by atoms with Crippen molar-refractivity contribution in [2.45, 2.75) is 32.2 Å². The van der Waals surface area contributed by atoms with Crippen molar-refractivity contribution >= 4 is 11.3 Å². The van der Waals surface area contributed by atoms with Crippen LogP contribution in [0, 0.1) is 0 Å². The molecular formula is C20H24N4. The molecule has 1 aliphatic heterocycles. The van der Waals surface area contributed by atoms with Gasteiger partial charge in [-0.1, -0.05) is 36.8 Å². The third kappa shape index (κ3) is 3.15. The van der Waals surface area contributed by atoms with Crippen molar-refractivity contribution in [3.05, 3.63) is 65.6 Å². The molecule has 3 heterocycles. The fraction of sp³-hybridized carbons (Fsp3) is 0.350. The van der Waals surface area contributed by atoms with Crippen LogP contribution in [0.2, 0.25) is 0 Å². The van der Waals surface area contributed by atoms with Crippen LogP contribution in [0.4, 0.5) is 5.69 Å². The average molecular weight is 320 g/mol. The molecule has 3 aromatic rings. The molecule has 2 N–H and O–H groups in total. The van der Waals surface area contributed by atoms with Gasteiger partial charge in [0.25, 0.3) is 0 Å². The van der Waals surface area contributed by atoms with Gasteiger partial charge >= 0.3 is 0 Å². The number of pyridine rings is 1. The van der Waals surface area contributed by atoms with Crippen molar-refractivity contribution in [2.75, 3.05) is 18.8 Å². The molecule has 0 saturated carbocycles. The van der Waals surface area contributed by atoms with Gasteiger partial charge < -0.3 is 10.1 Å². The van der Waals surface area contributed by atoms with E-state index in [0.29, 0.717) is 0 Å². The molecule has 24 heavy (non-hydrogen) atoms. The first-order valence-corrected chi connectivity index (χ1v) is 8.81. The predicted octanol–water partition coefficient (Wildman–Crippen LogP) is 3.49. The van der Waals surface area contributed by atoms with Gasteiger partial charge in [-0.3, -0.25) is 4.90 Å². The maximum absolute atomic E-state index is 6.03. The number of nitrogen functional groups attached to an aromatic ring is 1. The molecule has 4 nitrogen and oxygen atoms in total. The number of likely N-dealkylation sites (tertiary alicyclic amines) is 1. The topological polar surface area (TPSA) is 46.6 Å². The number of piperidine rings is 1. The fourth-order valence-electron chi connectivity index (χ4n) is 3.59. The van der Waals surface area contributed by atoms with E-state index in [2.05, 4.69) is 39.6 Å². The number of imidazole rings is 1. The van der Waals surface area contributed by atoms with Gasteiger partial charge in [0.2, 0.25) is 0 Å². The molecule has 0 radical (unpaired) electrons. The van der Waals surface area contributed by atoms with Crippen LogP contribution in [0.5, 0.6) is 0 Å². The lowest BCUT2D eigenvalue weighted by molar-refractivity contribution is 0.217. The van der Waals surface area contributed by atoms with Crippen molar-refractivity contribution in [3.8, 4) is 0 Å². The highest BCUT2D eigenvalue weighted by atomic mass is 15.2. The second kappa shape index (κ2) is 6.65. The van der Waals surface area contributed by atoms with Crippen LogP contribution in [0.15, 0.2) is 48.7 Å². The van der Waals surface area contributed by atoms with E-state index < -0.39 is 0 Å². The largest absolute Gasteiger partial charge is 0.398 e. The van der Waals surface area contributed by atoms with E-state index in [1.54, 1.807) is 0 Å². The molecule has 0 bridgehead atoms. The quantitative estimate of drug-likeness (QED) is 0.800. The average Bonchev–Trinajstić information content (AvgIpc) is 2.94. The number of anilines is 1. The molecule has 2 aromatic heterocycles. The van der Waals surface area contributed by atoms with Crippen LogP contribution in [-0.2, 0) is 13.0 Å². The first kappa shape index (κ1) is 15.2. The van der Waals surface area contributed by atoms with Crippen LogP contribution >= 0.6 is 0 Å². The zero-order valence-corrected chi connectivity index (χ0v) is 14.0. The van der Waals surface area contributed by atoms with Crippen molar-refractivity contribution in [3.63, 3.8) is 0 Å². The smallest absolute Gasteiger partial charge is 0.137 e. The molecule has 4 heteroatoms. The Labute approximate surface area is 142 Å². The van der Waals surface area contributed by atoms with E-state index in [-0.39, 0.29) is 0 Å². The van der Waals surface area contributed by atoms with Gasteiger partial charge in [0, 0.05) is 24.8 Å². The number of nitrogens with zero attached hydrogens (tertiary/aromatic N) is 3. The highest BCUT2D eigenvalue weighted by Gasteiger charge is 2.18. The van der Waals surface area contributed by atoms with E-state index in [1.807, 2.05) is 18.3 Å². The summed E-state index contributed by atoms with van der Waals surface area (Å²) >= 11 is 0. The van der Waals surface area contributed by atoms with E-state index in [9.17, 15) is 0 Å². The Morgan fingerprint density at radius 1 is 0.958 bits per heavy atom. The highest BCUT2D eigenvalue weighted by Crippen LogP contribution is 2.21. The second-order valence-corrected chi connectivity index (χ2v) is 6.70. The highest BCUT2D eigenvalue weighted by molar-refractivity contribution is 5.51. The van der Waals surface area contributed by atoms with E-state index in [1.165, 1.54) is 43.6 Å². The molecular weight excluding hydrogens is 296 g/mol. The van der Waals surface area contributed by atoms with Gasteiger partial charge in [-0.2, -0.15) is 0 Å². The Kier molecular flexibility index (Phi) is 4.22. The third-order valence-corrected chi connectivity index (χ3v) is 4.86. The predicted molar refractivity (Wildman–Crippen MR) is 98.0 cm³/mol. The normalized spacial score (nSPS) is 15.8. The molecule has 0 spiro atoms. The maximum atomic E-state index is 6.03. The number of benzene rings is 1. The lowest BCUT2D eigenvalue weighted by atomic mass is 10.1. The summed E-state index contributed by atoms with van der Waals surface area (Å²) in [4.78, 5) is 7.44. The number of hydrogen-bond acceptors (Lipinski definition) is 3. The first-order chi connectivity index (χ1) is 11.8. The minimum absolute atomic E-state index is 0.783. The maximum Gasteiger partial charge on any atom is 0.137 e. The zero-order valence-electron chi connectivity index (χ0n) is 14.0. The second-order valence-electron chi connectivity index (χ2n) is 6.70. The van der Waals surface area contributed by atoms with Gasteiger partial charge in [-0.25, -0.2) is 4.98 Å². The fourth-order valence-corrected chi connectivity index (χ4v) is 3.59. The zero-order chi connectivity index (χ0) is 16.4. The molecule has 124 valence electrons. The Bertz CT molecular complexity index is 816. The van der Waals surface area contributed by atoms with E-state index in [4.69, 9.17) is 10.7 Å². The van der Waals surface area contributed by atoms with Gasteiger partial charge in [0.15, 0.2) is 0 Å². The Morgan fingerprint density at radius 3 is 2.54 bits per heavy atom. The summed E-state index contributed by atoms with van der Waals surface area (Å²) in [5, 5.41) is 0. The SMILES string of the molecule is Nc1ccc2nc(Cc3ccccc3)c(CN3CCCCC3)n2c1. The molecule has 1 aromatic carbocycles. The third-order valence-electron chi connectivity index (χ3n) is 4.86. The molecule has 0 unspecified atom stereocenters. The monoisotopic (exact) mass is 320 g/mol. The summed E-state index contributed by atoms with van der Waals surface area (Å²) in [7, 11) is 0. The lowest BCUT2D eigenvalue weighted by Gasteiger charge is -2.26. The van der Waals surface area contributed by atoms with Gasteiger partial charge in [0.05, 0.1) is 11.4 Å². The molecule has 1 aliphatic rings. The summed E-state index contributed by atoms with van der Waals surface area (Å²) in [5.74, 6) is 0. The summed E-state index contributed by atoms with van der Waals surface area (Å²) < 4.78 is 2.18. The molecule has 1 fully saturated rings. The number of hydrogen-bond donors (Lipinski definition) is 1. The number of nitrogens with two attached hydrogens (primary N) is 1. The molecule has 4 rings (SSSR count). The van der Waals surface area contributed by atoms with E-state index in [0.717, 1.165) is 30.0 Å². The van der Waals surface area contributed by atoms with Crippen LogP contribution < -0.4 is 5.73 Å². The van der Waals surface area contributed by atoms with Crippen LogP contribution in [0.25, 0.3) is 5.65 Å². The van der Waals surface area contributed by atoms with Gasteiger partial charge in [-0.15, -0.1) is 0 Å². The Hall–Kier alpha value is -2.33. The van der Waals surface area contributed by atoms with Gasteiger partial charge in [0.1, 0.15) is 5.65 Å². The van der Waals surface area contributed by atoms with Gasteiger partial charge in [-0.05, 0) is 43.6 Å². The number of rotatable bonds is 4. The Balaban J connectivity index is 1.72. The van der Waals surface area contributed by atoms with Crippen LogP contribution in [0.3, 0.4) is 0 Å². The summed E-state index contributed by atoms with van der Waals surface area (Å²) in [6.07, 6.45) is 6.83. The molecule has 0 atom stereocenters. The van der Waals surface area contributed by atoms with Crippen LogP contribution in [0.1, 0.15) is 36.2 Å². The number of aromatic nitrogens is 2. The lowest BCUT2D eigenvalue weighted by Crippen LogP contribution is -2.30. The summed E-state index contributed by atoms with van der Waals surface area (Å²) in [5.41, 5.74) is 11.5. The standard InChI is InChI=1S/C20H24N4/c21-17-9-10-20-22-18(13-16-7-3-1-4-8-16)19(24(20)14-17)15-23-11-5-2-6-12-23/h1,3-4,7-10,14H,2,5-6,11-13,15,21H2. The summed E-state index contributed by atoms with van der Waals surface area (Å²) in [6, 6.07) is 14.5. The van der Waals surface area contributed by atoms with Crippen LogP contribution in [-0.4, -0.2) is 27.4 Å². The molecule has 1 saturated heterocycles. The van der Waals surface area contributed by atoms with Crippen molar-refractivity contribution in [1.29, 1.82) is 0 Å². The van der Waals surface area contributed by atoms with Crippen molar-refractivity contribution in [2.24, 2.45) is 0 Å². The van der Waals surface area contributed by atoms with E-state index >= 15 is 0 Å². The minimum atomic E-state index is 0.783. The minimum Gasteiger partial charge on any atom is -0.398 e. The summed E-state index contributed by atoms with van der Waals surface area (Å²) in [6.45, 7) is 3.31. The Morgan fingerprint density at radius 2 is 1.75 bits per heavy atom. The van der Waals surface area contributed by atoms with Crippen molar-refractivity contribution in [1.82, 2.24) is 14.3 Å².